The van der Waals surface area contributed by atoms with Crippen molar-refractivity contribution in [3.8, 4) is 17.2 Å². The summed E-state index contributed by atoms with van der Waals surface area (Å²) < 4.78 is 21.4. The molecule has 6 heteroatoms. The molecule has 1 aliphatic rings. The van der Waals surface area contributed by atoms with E-state index in [9.17, 15) is 4.79 Å². The van der Waals surface area contributed by atoms with E-state index in [4.69, 9.17) is 18.9 Å². The monoisotopic (exact) mass is 411 g/mol. The maximum atomic E-state index is 12.5. The molecule has 0 atom stereocenters. The van der Waals surface area contributed by atoms with Crippen molar-refractivity contribution < 1.29 is 23.7 Å². The van der Waals surface area contributed by atoms with Crippen molar-refractivity contribution in [1.82, 2.24) is 5.32 Å². The number of amides is 1. The molecule has 160 valence electrons. The lowest BCUT2D eigenvalue weighted by atomic mass is 9.74. The fraction of sp³-hybridized carbons (Fsp3) is 0.375. The second-order valence-corrected chi connectivity index (χ2v) is 7.29. The fourth-order valence-electron chi connectivity index (χ4n) is 3.72. The number of rotatable bonds is 8. The molecule has 2 aromatic carbocycles. The van der Waals surface area contributed by atoms with Crippen LogP contribution in [0.5, 0.6) is 17.2 Å². The van der Waals surface area contributed by atoms with Gasteiger partial charge < -0.3 is 24.3 Å². The molecule has 0 aromatic heterocycles. The number of hydrogen-bond acceptors (Lipinski definition) is 5. The van der Waals surface area contributed by atoms with E-state index in [1.54, 1.807) is 33.5 Å². The Labute approximate surface area is 177 Å². The van der Waals surface area contributed by atoms with Crippen LogP contribution in [0.3, 0.4) is 0 Å². The first-order chi connectivity index (χ1) is 14.6. The van der Waals surface area contributed by atoms with Crippen LogP contribution < -0.4 is 19.5 Å². The molecule has 1 fully saturated rings. The highest BCUT2D eigenvalue weighted by Crippen LogP contribution is 2.35. The number of nitrogens with one attached hydrogen (secondary N) is 1. The molecule has 1 heterocycles. The summed E-state index contributed by atoms with van der Waals surface area (Å²) in [6, 6.07) is 13.6. The van der Waals surface area contributed by atoms with Gasteiger partial charge in [-0.15, -0.1) is 0 Å². The number of benzene rings is 2. The summed E-state index contributed by atoms with van der Waals surface area (Å²) in [6.45, 7) is 1.92. The largest absolute Gasteiger partial charge is 0.497 e. The molecule has 0 spiro atoms. The summed E-state index contributed by atoms with van der Waals surface area (Å²) in [6.07, 6.45) is 5.03. The van der Waals surface area contributed by atoms with Crippen molar-refractivity contribution in [3.05, 3.63) is 59.7 Å². The predicted molar refractivity (Wildman–Crippen MR) is 116 cm³/mol. The van der Waals surface area contributed by atoms with Crippen molar-refractivity contribution in [1.29, 1.82) is 0 Å². The van der Waals surface area contributed by atoms with Gasteiger partial charge in [0.2, 0.25) is 5.91 Å². The van der Waals surface area contributed by atoms with E-state index in [2.05, 4.69) is 17.4 Å². The summed E-state index contributed by atoms with van der Waals surface area (Å²) in [5.74, 6) is 1.97. The van der Waals surface area contributed by atoms with Crippen LogP contribution in [0.25, 0.3) is 6.08 Å². The van der Waals surface area contributed by atoms with Gasteiger partial charge in [0, 0.05) is 31.2 Å². The van der Waals surface area contributed by atoms with Crippen LogP contribution in [0.1, 0.15) is 24.0 Å². The molecular weight excluding hydrogens is 382 g/mol. The van der Waals surface area contributed by atoms with Crippen LogP contribution in [0.15, 0.2) is 48.5 Å². The summed E-state index contributed by atoms with van der Waals surface area (Å²) in [5, 5.41) is 3.07. The topological polar surface area (TPSA) is 66.0 Å². The standard InChI is InChI=1S/C24H29NO5/c1-27-20-8-6-19(7-9-20)24(12-14-30-15-13-24)17-25-23(26)11-5-18-4-10-21(28-2)22(16-18)29-3/h4-11,16H,12-15,17H2,1-3H3,(H,25,26)/b11-5+. The Kier molecular flexibility index (Phi) is 7.36. The minimum absolute atomic E-state index is 0.135. The molecule has 1 N–H and O–H groups in total. The molecule has 0 radical (unpaired) electrons. The van der Waals surface area contributed by atoms with E-state index < -0.39 is 0 Å². The lowest BCUT2D eigenvalue weighted by Crippen LogP contribution is -2.44. The Hall–Kier alpha value is -2.99. The average molecular weight is 411 g/mol. The highest BCUT2D eigenvalue weighted by atomic mass is 16.5. The Balaban J connectivity index is 1.68. The van der Waals surface area contributed by atoms with Gasteiger partial charge >= 0.3 is 0 Å². The zero-order chi connectivity index (χ0) is 21.4. The van der Waals surface area contributed by atoms with Crippen LogP contribution in [0.2, 0.25) is 0 Å². The highest BCUT2D eigenvalue weighted by Gasteiger charge is 2.34. The second-order valence-electron chi connectivity index (χ2n) is 7.29. The van der Waals surface area contributed by atoms with Gasteiger partial charge in [-0.25, -0.2) is 0 Å². The molecule has 0 bridgehead atoms. The summed E-state index contributed by atoms with van der Waals surface area (Å²) in [5.41, 5.74) is 1.91. The summed E-state index contributed by atoms with van der Waals surface area (Å²) in [7, 11) is 4.84. The van der Waals surface area contributed by atoms with E-state index in [1.165, 1.54) is 5.56 Å². The van der Waals surface area contributed by atoms with Gasteiger partial charge in [0.05, 0.1) is 21.3 Å². The molecule has 0 saturated carbocycles. The molecule has 0 aliphatic carbocycles. The van der Waals surface area contributed by atoms with Gasteiger partial charge in [-0.05, 0) is 54.3 Å². The summed E-state index contributed by atoms with van der Waals surface area (Å²) in [4.78, 5) is 12.5. The molecule has 1 amide bonds. The maximum Gasteiger partial charge on any atom is 0.244 e. The zero-order valence-corrected chi connectivity index (χ0v) is 17.8. The zero-order valence-electron chi connectivity index (χ0n) is 17.8. The lowest BCUT2D eigenvalue weighted by Gasteiger charge is -2.38. The SMILES string of the molecule is COc1ccc(C2(CNC(=O)/C=C/c3ccc(OC)c(OC)c3)CCOCC2)cc1. The Morgan fingerprint density at radius 2 is 1.70 bits per heavy atom. The summed E-state index contributed by atoms with van der Waals surface area (Å²) >= 11 is 0. The second kappa shape index (κ2) is 10.2. The fourth-order valence-corrected chi connectivity index (χ4v) is 3.72. The molecule has 2 aromatic rings. The third-order valence-corrected chi connectivity index (χ3v) is 5.59. The van der Waals surface area contributed by atoms with Crippen LogP contribution in [0.4, 0.5) is 0 Å². The van der Waals surface area contributed by atoms with Crippen LogP contribution in [-0.4, -0.2) is 47.0 Å². The van der Waals surface area contributed by atoms with E-state index >= 15 is 0 Å². The van der Waals surface area contributed by atoms with E-state index in [-0.39, 0.29) is 11.3 Å². The lowest BCUT2D eigenvalue weighted by molar-refractivity contribution is -0.116. The molecular formula is C24H29NO5. The molecule has 30 heavy (non-hydrogen) atoms. The third kappa shape index (κ3) is 5.13. The average Bonchev–Trinajstić information content (AvgIpc) is 2.81. The van der Waals surface area contributed by atoms with Gasteiger partial charge in [0.1, 0.15) is 5.75 Å². The number of ether oxygens (including phenoxy) is 4. The van der Waals surface area contributed by atoms with Crippen molar-refractivity contribution in [2.75, 3.05) is 41.1 Å². The third-order valence-electron chi connectivity index (χ3n) is 5.59. The van der Waals surface area contributed by atoms with Crippen molar-refractivity contribution >= 4 is 12.0 Å². The van der Waals surface area contributed by atoms with Crippen molar-refractivity contribution in [2.24, 2.45) is 0 Å². The normalized spacial score (nSPS) is 15.6. The van der Waals surface area contributed by atoms with Gasteiger partial charge in [-0.3, -0.25) is 4.79 Å². The minimum Gasteiger partial charge on any atom is -0.497 e. The smallest absolute Gasteiger partial charge is 0.244 e. The maximum absolute atomic E-state index is 12.5. The minimum atomic E-state index is -0.142. The molecule has 1 aliphatic heterocycles. The van der Waals surface area contributed by atoms with Crippen molar-refractivity contribution in [2.45, 2.75) is 18.3 Å². The Morgan fingerprint density at radius 3 is 2.33 bits per heavy atom. The van der Waals surface area contributed by atoms with Gasteiger partial charge in [-0.2, -0.15) is 0 Å². The first-order valence-electron chi connectivity index (χ1n) is 10.0. The van der Waals surface area contributed by atoms with E-state index in [1.807, 2.05) is 30.3 Å². The van der Waals surface area contributed by atoms with Crippen molar-refractivity contribution in [3.63, 3.8) is 0 Å². The number of carbonyl (C=O) groups excluding carboxylic acids is 1. The van der Waals surface area contributed by atoms with Gasteiger partial charge in [0.25, 0.3) is 0 Å². The van der Waals surface area contributed by atoms with Crippen LogP contribution in [0, 0.1) is 0 Å². The molecule has 6 nitrogen and oxygen atoms in total. The molecule has 1 saturated heterocycles. The first-order valence-corrected chi connectivity index (χ1v) is 10.0. The van der Waals surface area contributed by atoms with Gasteiger partial charge in [-0.1, -0.05) is 18.2 Å². The van der Waals surface area contributed by atoms with E-state index in [0.717, 1.165) is 24.2 Å². The predicted octanol–water partition coefficient (Wildman–Crippen LogP) is 3.59. The highest BCUT2D eigenvalue weighted by molar-refractivity contribution is 5.91. The number of methoxy groups -OCH3 is 3. The number of hydrogen-bond donors (Lipinski definition) is 1. The van der Waals surface area contributed by atoms with Crippen LogP contribution >= 0.6 is 0 Å². The van der Waals surface area contributed by atoms with Gasteiger partial charge in [0.15, 0.2) is 11.5 Å². The quantitative estimate of drug-likeness (QED) is 0.673. The Bertz CT molecular complexity index is 870. The van der Waals surface area contributed by atoms with E-state index in [0.29, 0.717) is 31.3 Å². The van der Waals surface area contributed by atoms with Crippen LogP contribution in [-0.2, 0) is 14.9 Å². The first kappa shape index (κ1) is 21.7. The molecule has 0 unspecified atom stereocenters. The Morgan fingerprint density at radius 1 is 1.00 bits per heavy atom. The molecule has 3 rings (SSSR count). The number of carbonyl (C=O) groups is 1.